The number of esters is 1. The van der Waals surface area contributed by atoms with Crippen LogP contribution in [0.1, 0.15) is 19.0 Å². The molecule has 12 heteroatoms. The zero-order valence-corrected chi connectivity index (χ0v) is 17.7. The SMILES string of the molecule is COc1nccc(-c2[nH]c(C3OCC(C)(C(=O)OC(N)=O)CO3)nc2-c2ccc(F)cc2)n1. The van der Waals surface area contributed by atoms with E-state index < -0.39 is 23.8 Å². The van der Waals surface area contributed by atoms with Gasteiger partial charge < -0.3 is 29.7 Å². The molecule has 0 radical (unpaired) electrons. The van der Waals surface area contributed by atoms with Gasteiger partial charge in [-0.05, 0) is 37.3 Å². The molecule has 1 aromatic carbocycles. The summed E-state index contributed by atoms with van der Waals surface area (Å²) in [5.41, 5.74) is 5.77. The predicted molar refractivity (Wildman–Crippen MR) is 110 cm³/mol. The fourth-order valence-corrected chi connectivity index (χ4v) is 3.18. The molecule has 0 aliphatic carbocycles. The first-order chi connectivity index (χ1) is 15.8. The molecule has 3 aromatic rings. The van der Waals surface area contributed by atoms with Gasteiger partial charge in [0.15, 0.2) is 5.82 Å². The number of nitrogens with one attached hydrogen (secondary N) is 1. The molecule has 1 amide bonds. The molecule has 3 heterocycles. The Morgan fingerprint density at radius 3 is 2.52 bits per heavy atom. The van der Waals surface area contributed by atoms with Crippen molar-refractivity contribution in [2.45, 2.75) is 13.2 Å². The second-order valence-electron chi connectivity index (χ2n) is 7.50. The number of halogens is 1. The van der Waals surface area contributed by atoms with E-state index in [1.165, 1.54) is 32.4 Å². The Morgan fingerprint density at radius 2 is 1.88 bits per heavy atom. The van der Waals surface area contributed by atoms with Crippen LogP contribution in [0.15, 0.2) is 36.5 Å². The Labute approximate surface area is 187 Å². The van der Waals surface area contributed by atoms with Gasteiger partial charge in [-0.25, -0.2) is 19.2 Å². The minimum absolute atomic E-state index is 0.104. The largest absolute Gasteiger partial charge is 0.467 e. The van der Waals surface area contributed by atoms with Gasteiger partial charge >= 0.3 is 18.1 Å². The zero-order chi connectivity index (χ0) is 23.6. The molecule has 1 aliphatic heterocycles. The van der Waals surface area contributed by atoms with Crippen LogP contribution in [-0.4, -0.2) is 52.3 Å². The summed E-state index contributed by atoms with van der Waals surface area (Å²) in [5.74, 6) is -0.943. The number of nitrogens with zero attached hydrogens (tertiary/aromatic N) is 3. The highest BCUT2D eigenvalue weighted by Crippen LogP contribution is 2.36. The molecule has 0 saturated carbocycles. The number of carbonyl (C=O) groups excluding carboxylic acids is 2. The van der Waals surface area contributed by atoms with E-state index in [1.54, 1.807) is 18.2 Å². The predicted octanol–water partition coefficient (Wildman–Crippen LogP) is 2.36. The number of carbonyl (C=O) groups is 2. The monoisotopic (exact) mass is 457 g/mol. The Kier molecular flexibility index (Phi) is 6.03. The topological polar surface area (TPSA) is 152 Å². The van der Waals surface area contributed by atoms with Crippen LogP contribution in [-0.2, 0) is 19.0 Å². The molecular weight excluding hydrogens is 437 g/mol. The maximum absolute atomic E-state index is 13.5. The Bertz CT molecular complexity index is 1170. The van der Waals surface area contributed by atoms with Crippen molar-refractivity contribution in [3.63, 3.8) is 0 Å². The molecule has 0 atom stereocenters. The second-order valence-corrected chi connectivity index (χ2v) is 7.50. The van der Waals surface area contributed by atoms with Gasteiger partial charge in [-0.15, -0.1) is 0 Å². The van der Waals surface area contributed by atoms with Crippen molar-refractivity contribution in [2.24, 2.45) is 11.1 Å². The number of H-pyrrole nitrogens is 1. The highest BCUT2D eigenvalue weighted by atomic mass is 19.1. The molecule has 1 fully saturated rings. The molecular formula is C21H20FN5O6. The lowest BCUT2D eigenvalue weighted by Crippen LogP contribution is -2.45. The molecule has 11 nitrogen and oxygen atoms in total. The second kappa shape index (κ2) is 8.92. The fourth-order valence-electron chi connectivity index (χ4n) is 3.18. The van der Waals surface area contributed by atoms with E-state index >= 15 is 0 Å². The quantitative estimate of drug-likeness (QED) is 0.434. The molecule has 1 saturated heterocycles. The molecule has 33 heavy (non-hydrogen) atoms. The Morgan fingerprint density at radius 1 is 1.18 bits per heavy atom. The number of nitrogens with two attached hydrogens (primary N) is 1. The van der Waals surface area contributed by atoms with E-state index in [4.69, 9.17) is 19.9 Å². The average molecular weight is 457 g/mol. The number of hydrogen-bond donors (Lipinski definition) is 2. The maximum Gasteiger partial charge on any atom is 0.412 e. The zero-order valence-electron chi connectivity index (χ0n) is 17.7. The van der Waals surface area contributed by atoms with Crippen LogP contribution in [0.3, 0.4) is 0 Å². The Balaban J connectivity index is 1.65. The van der Waals surface area contributed by atoms with E-state index in [0.717, 1.165) is 0 Å². The van der Waals surface area contributed by atoms with Crippen molar-refractivity contribution in [3.05, 3.63) is 48.2 Å². The van der Waals surface area contributed by atoms with Crippen LogP contribution in [0.5, 0.6) is 6.01 Å². The van der Waals surface area contributed by atoms with Gasteiger partial charge in [-0.1, -0.05) is 0 Å². The lowest BCUT2D eigenvalue weighted by atomic mass is 9.92. The van der Waals surface area contributed by atoms with Gasteiger partial charge in [0.05, 0.1) is 37.4 Å². The van der Waals surface area contributed by atoms with Gasteiger partial charge in [0.2, 0.25) is 6.29 Å². The minimum atomic E-state index is -1.22. The summed E-state index contributed by atoms with van der Waals surface area (Å²) in [6, 6.07) is 7.61. The standard InChI is InChI=1S/C21H20FN5O6/c1-21(18(28)33-19(23)29)9-31-17(32-10-21)16-26-14(11-3-5-12(22)6-4-11)15(27-16)13-7-8-24-20(25-13)30-2/h3-8,17H,9-10H2,1-2H3,(H2,23,29)(H,26,27). The summed E-state index contributed by atoms with van der Waals surface area (Å²) in [6.45, 7) is 1.32. The van der Waals surface area contributed by atoms with Gasteiger partial charge in [0, 0.05) is 11.8 Å². The van der Waals surface area contributed by atoms with Crippen molar-refractivity contribution in [3.8, 4) is 28.7 Å². The lowest BCUT2D eigenvalue weighted by Gasteiger charge is -2.34. The van der Waals surface area contributed by atoms with Crippen molar-refractivity contribution < 1.29 is 32.9 Å². The molecule has 0 unspecified atom stereocenters. The number of primary amides is 1. The number of hydrogen-bond acceptors (Lipinski definition) is 9. The van der Waals surface area contributed by atoms with Crippen LogP contribution < -0.4 is 10.5 Å². The highest BCUT2D eigenvalue weighted by Gasteiger charge is 2.43. The number of imidazole rings is 1. The fraction of sp³-hybridized carbons (Fsp3) is 0.286. The van der Waals surface area contributed by atoms with Gasteiger partial charge in [-0.2, -0.15) is 4.98 Å². The molecule has 3 N–H and O–H groups in total. The summed E-state index contributed by atoms with van der Waals surface area (Å²) in [6.07, 6.45) is -0.626. The summed E-state index contributed by atoms with van der Waals surface area (Å²) in [4.78, 5) is 39.1. The number of benzene rings is 1. The molecule has 1 aliphatic rings. The number of amides is 1. The third kappa shape index (κ3) is 4.66. The molecule has 172 valence electrons. The first-order valence-electron chi connectivity index (χ1n) is 9.77. The number of aromatic nitrogens is 4. The first kappa shape index (κ1) is 22.3. The molecule has 4 rings (SSSR count). The van der Waals surface area contributed by atoms with Gasteiger partial charge in [0.25, 0.3) is 0 Å². The van der Waals surface area contributed by atoms with Crippen LogP contribution in [0.25, 0.3) is 22.6 Å². The van der Waals surface area contributed by atoms with Crippen LogP contribution in [0.4, 0.5) is 9.18 Å². The van der Waals surface area contributed by atoms with Gasteiger partial charge in [0.1, 0.15) is 11.2 Å². The number of methoxy groups -OCH3 is 1. The summed E-state index contributed by atoms with van der Waals surface area (Å²) in [7, 11) is 1.45. The molecule has 2 aromatic heterocycles. The first-order valence-corrected chi connectivity index (χ1v) is 9.77. The highest BCUT2D eigenvalue weighted by molar-refractivity contribution is 5.87. The van der Waals surface area contributed by atoms with Crippen LogP contribution >= 0.6 is 0 Å². The third-order valence-corrected chi connectivity index (χ3v) is 4.93. The van der Waals surface area contributed by atoms with E-state index in [-0.39, 0.29) is 25.0 Å². The minimum Gasteiger partial charge on any atom is -0.467 e. The van der Waals surface area contributed by atoms with Crippen molar-refractivity contribution in [1.29, 1.82) is 0 Å². The number of aromatic amines is 1. The average Bonchev–Trinajstić information content (AvgIpc) is 3.25. The molecule has 0 spiro atoms. The third-order valence-electron chi connectivity index (χ3n) is 4.93. The van der Waals surface area contributed by atoms with Crippen LogP contribution in [0, 0.1) is 11.2 Å². The summed E-state index contributed by atoms with van der Waals surface area (Å²) in [5, 5.41) is 0. The lowest BCUT2D eigenvalue weighted by molar-refractivity contribution is -0.236. The smallest absolute Gasteiger partial charge is 0.412 e. The van der Waals surface area contributed by atoms with E-state index in [1.807, 2.05) is 0 Å². The van der Waals surface area contributed by atoms with Crippen molar-refractivity contribution in [1.82, 2.24) is 19.9 Å². The Hall–Kier alpha value is -3.90. The van der Waals surface area contributed by atoms with Crippen LogP contribution in [0.2, 0.25) is 0 Å². The maximum atomic E-state index is 13.5. The van der Waals surface area contributed by atoms with Gasteiger partial charge in [-0.3, -0.25) is 4.79 Å². The summed E-state index contributed by atoms with van der Waals surface area (Å²) >= 11 is 0. The van der Waals surface area contributed by atoms with E-state index in [0.29, 0.717) is 28.5 Å². The normalized spacial score (nSPS) is 20.3. The molecule has 0 bridgehead atoms. The van der Waals surface area contributed by atoms with E-state index in [2.05, 4.69) is 24.7 Å². The van der Waals surface area contributed by atoms with E-state index in [9.17, 15) is 14.0 Å². The number of rotatable bonds is 5. The van der Waals surface area contributed by atoms with Crippen molar-refractivity contribution in [2.75, 3.05) is 20.3 Å². The van der Waals surface area contributed by atoms with Crippen molar-refractivity contribution >= 4 is 12.1 Å². The number of ether oxygens (including phenoxy) is 4. The summed E-state index contributed by atoms with van der Waals surface area (Å²) < 4.78 is 34.4.